The van der Waals surface area contributed by atoms with Crippen LogP contribution in [0.15, 0.2) is 48.7 Å². The smallest absolute Gasteiger partial charge is 0.204 e. The number of rotatable bonds is 6. The molecule has 0 fully saturated rings. The van der Waals surface area contributed by atoms with E-state index in [4.69, 9.17) is 9.47 Å². The second-order valence-corrected chi connectivity index (χ2v) is 4.99. The summed E-state index contributed by atoms with van der Waals surface area (Å²) >= 11 is 0. The van der Waals surface area contributed by atoms with Crippen LogP contribution in [-0.4, -0.2) is 24.0 Å². The normalized spacial score (nSPS) is 10.9. The molecule has 0 unspecified atom stereocenters. The van der Waals surface area contributed by atoms with Gasteiger partial charge in [-0.15, -0.1) is 0 Å². The summed E-state index contributed by atoms with van der Waals surface area (Å²) in [6.45, 7) is 3.90. The summed E-state index contributed by atoms with van der Waals surface area (Å²) in [6.07, 6.45) is 4.89. The molecule has 0 aliphatic carbocycles. The number of hydrogen-bond acceptors (Lipinski definition) is 4. The van der Waals surface area contributed by atoms with Gasteiger partial charge in [-0.2, -0.15) is 0 Å². The Kier molecular flexibility index (Phi) is 5.31. The molecule has 114 valence electrons. The van der Waals surface area contributed by atoms with Crippen molar-refractivity contribution in [3.63, 3.8) is 0 Å². The highest BCUT2D eigenvalue weighted by Crippen LogP contribution is 2.29. The molecule has 0 bridgehead atoms. The molecule has 4 nitrogen and oxygen atoms in total. The van der Waals surface area contributed by atoms with Crippen LogP contribution >= 0.6 is 0 Å². The minimum absolute atomic E-state index is 0.0447. The fourth-order valence-corrected chi connectivity index (χ4v) is 1.91. The molecular formula is C18H19NO3. The Morgan fingerprint density at radius 2 is 2.00 bits per heavy atom. The van der Waals surface area contributed by atoms with Crippen molar-refractivity contribution in [1.29, 1.82) is 0 Å². The van der Waals surface area contributed by atoms with E-state index in [9.17, 15) is 4.79 Å². The van der Waals surface area contributed by atoms with E-state index in [1.807, 2.05) is 32.0 Å². The zero-order valence-electron chi connectivity index (χ0n) is 12.9. The van der Waals surface area contributed by atoms with E-state index in [0.29, 0.717) is 17.2 Å². The van der Waals surface area contributed by atoms with Gasteiger partial charge in [-0.25, -0.2) is 0 Å². The monoisotopic (exact) mass is 297 g/mol. The first kappa shape index (κ1) is 15.8. The van der Waals surface area contributed by atoms with Crippen molar-refractivity contribution >= 4 is 11.9 Å². The topological polar surface area (TPSA) is 48.4 Å². The second-order valence-electron chi connectivity index (χ2n) is 4.99. The van der Waals surface area contributed by atoms with Gasteiger partial charge in [0.05, 0.1) is 13.2 Å². The van der Waals surface area contributed by atoms with Crippen molar-refractivity contribution in [1.82, 2.24) is 4.98 Å². The van der Waals surface area contributed by atoms with Crippen molar-refractivity contribution in [2.45, 2.75) is 20.0 Å². The van der Waals surface area contributed by atoms with Crippen molar-refractivity contribution in [2.75, 3.05) is 7.11 Å². The summed E-state index contributed by atoms with van der Waals surface area (Å²) < 4.78 is 11.0. The zero-order chi connectivity index (χ0) is 15.9. The number of hydrogen-bond donors (Lipinski definition) is 0. The number of carbonyl (C=O) groups is 1. The molecule has 0 N–H and O–H groups in total. The lowest BCUT2D eigenvalue weighted by Crippen LogP contribution is -2.06. The van der Waals surface area contributed by atoms with Gasteiger partial charge in [0.25, 0.3) is 0 Å². The molecule has 1 heterocycles. The average Bonchev–Trinajstić information content (AvgIpc) is 2.53. The Hall–Kier alpha value is -2.62. The Morgan fingerprint density at radius 1 is 1.18 bits per heavy atom. The lowest BCUT2D eigenvalue weighted by atomic mass is 10.1. The molecule has 0 aliphatic heterocycles. The zero-order valence-corrected chi connectivity index (χ0v) is 12.9. The van der Waals surface area contributed by atoms with E-state index in [2.05, 4.69) is 4.98 Å². The molecule has 1 aromatic carbocycles. The second kappa shape index (κ2) is 7.41. The Bertz CT molecular complexity index is 663. The Labute approximate surface area is 130 Å². The van der Waals surface area contributed by atoms with Gasteiger partial charge in [0, 0.05) is 6.20 Å². The van der Waals surface area contributed by atoms with Crippen LogP contribution in [0.25, 0.3) is 6.08 Å². The Morgan fingerprint density at radius 3 is 2.64 bits per heavy atom. The highest BCUT2D eigenvalue weighted by atomic mass is 16.5. The third kappa shape index (κ3) is 4.19. The molecule has 0 aliphatic rings. The standard InChI is InChI=1S/C18H19NO3/c1-13(2)22-18-12-14(8-10-17(18)21-3)7-9-16(20)15-6-4-5-11-19-15/h4-13H,1-3H3/b9-7+. The number of ketones is 1. The number of nitrogens with zero attached hydrogens (tertiary/aromatic N) is 1. The van der Waals surface area contributed by atoms with E-state index in [0.717, 1.165) is 5.56 Å². The number of methoxy groups -OCH3 is 1. The first-order valence-electron chi connectivity index (χ1n) is 7.08. The maximum atomic E-state index is 12.0. The van der Waals surface area contributed by atoms with Crippen LogP contribution in [-0.2, 0) is 0 Å². The SMILES string of the molecule is COc1ccc(/C=C/C(=O)c2ccccn2)cc1OC(C)C. The molecule has 0 atom stereocenters. The van der Waals surface area contributed by atoms with Gasteiger partial charge < -0.3 is 9.47 Å². The van der Waals surface area contributed by atoms with E-state index < -0.39 is 0 Å². The minimum atomic E-state index is -0.136. The third-order valence-corrected chi connectivity index (χ3v) is 2.89. The van der Waals surface area contributed by atoms with Gasteiger partial charge in [-0.05, 0) is 49.8 Å². The quantitative estimate of drug-likeness (QED) is 0.601. The number of benzene rings is 1. The number of allylic oxidation sites excluding steroid dienone is 1. The van der Waals surface area contributed by atoms with Gasteiger partial charge in [0.15, 0.2) is 11.5 Å². The summed E-state index contributed by atoms with van der Waals surface area (Å²) in [6, 6.07) is 10.8. The molecular weight excluding hydrogens is 278 g/mol. The van der Waals surface area contributed by atoms with Crippen LogP contribution < -0.4 is 9.47 Å². The van der Waals surface area contributed by atoms with Crippen LogP contribution in [0.5, 0.6) is 11.5 Å². The Balaban J connectivity index is 2.19. The molecule has 0 saturated heterocycles. The van der Waals surface area contributed by atoms with Crippen LogP contribution in [0.4, 0.5) is 0 Å². The average molecular weight is 297 g/mol. The number of ether oxygens (including phenoxy) is 2. The maximum Gasteiger partial charge on any atom is 0.204 e. The number of aromatic nitrogens is 1. The van der Waals surface area contributed by atoms with Crippen LogP contribution in [0.3, 0.4) is 0 Å². The molecule has 0 spiro atoms. The van der Waals surface area contributed by atoms with Crippen molar-refractivity contribution < 1.29 is 14.3 Å². The lowest BCUT2D eigenvalue weighted by molar-refractivity contribution is 0.104. The molecule has 2 rings (SSSR count). The van der Waals surface area contributed by atoms with Crippen molar-refractivity contribution in [2.24, 2.45) is 0 Å². The van der Waals surface area contributed by atoms with Crippen LogP contribution in [0, 0.1) is 0 Å². The van der Waals surface area contributed by atoms with E-state index in [1.165, 1.54) is 6.08 Å². The summed E-state index contributed by atoms with van der Waals surface area (Å²) in [7, 11) is 1.60. The van der Waals surface area contributed by atoms with Crippen LogP contribution in [0.2, 0.25) is 0 Å². The highest BCUT2D eigenvalue weighted by Gasteiger charge is 2.07. The molecule has 4 heteroatoms. The predicted molar refractivity (Wildman–Crippen MR) is 86.4 cm³/mol. The first-order valence-corrected chi connectivity index (χ1v) is 7.08. The number of carbonyl (C=O) groups excluding carboxylic acids is 1. The third-order valence-electron chi connectivity index (χ3n) is 2.89. The largest absolute Gasteiger partial charge is 0.493 e. The van der Waals surface area contributed by atoms with Gasteiger partial charge in [-0.3, -0.25) is 9.78 Å². The van der Waals surface area contributed by atoms with Crippen LogP contribution in [0.1, 0.15) is 29.9 Å². The van der Waals surface area contributed by atoms with Gasteiger partial charge in [0.1, 0.15) is 5.69 Å². The summed E-state index contributed by atoms with van der Waals surface area (Å²) in [5.74, 6) is 1.19. The minimum Gasteiger partial charge on any atom is -0.493 e. The summed E-state index contributed by atoms with van der Waals surface area (Å²) in [4.78, 5) is 16.0. The van der Waals surface area contributed by atoms with Gasteiger partial charge >= 0.3 is 0 Å². The van der Waals surface area contributed by atoms with E-state index in [-0.39, 0.29) is 11.9 Å². The van der Waals surface area contributed by atoms with Crippen molar-refractivity contribution in [3.05, 3.63) is 59.9 Å². The molecule has 2 aromatic rings. The fraction of sp³-hybridized carbons (Fsp3) is 0.222. The summed E-state index contributed by atoms with van der Waals surface area (Å²) in [5.41, 5.74) is 1.28. The highest BCUT2D eigenvalue weighted by molar-refractivity contribution is 6.05. The predicted octanol–water partition coefficient (Wildman–Crippen LogP) is 3.77. The van der Waals surface area contributed by atoms with Gasteiger partial charge in [-0.1, -0.05) is 18.2 Å². The molecule has 0 saturated carbocycles. The van der Waals surface area contributed by atoms with Crippen molar-refractivity contribution in [3.8, 4) is 11.5 Å². The van der Waals surface area contributed by atoms with E-state index >= 15 is 0 Å². The molecule has 0 radical (unpaired) electrons. The molecule has 0 amide bonds. The fourth-order valence-electron chi connectivity index (χ4n) is 1.91. The van der Waals surface area contributed by atoms with E-state index in [1.54, 1.807) is 37.6 Å². The lowest BCUT2D eigenvalue weighted by Gasteiger charge is -2.13. The van der Waals surface area contributed by atoms with Gasteiger partial charge in [0.2, 0.25) is 5.78 Å². The molecule has 22 heavy (non-hydrogen) atoms. The maximum absolute atomic E-state index is 12.0. The number of pyridine rings is 1. The summed E-state index contributed by atoms with van der Waals surface area (Å²) in [5, 5.41) is 0. The molecule has 1 aromatic heterocycles. The first-order chi connectivity index (χ1) is 10.6.